The first-order chi connectivity index (χ1) is 13.7. The Bertz CT molecular complexity index is 941. The SMILES string of the molecule is Fc1ccc(-c2cnc(Nc3cc(C[C@H]4CNCCOC4)ccn3)s2)c(F)c1. The average molecular weight is 402 g/mol. The highest BCUT2D eigenvalue weighted by Gasteiger charge is 2.14. The lowest BCUT2D eigenvalue weighted by molar-refractivity contribution is 0.123. The van der Waals surface area contributed by atoms with Gasteiger partial charge in [-0.3, -0.25) is 0 Å². The molecular formula is C20H20F2N4OS. The van der Waals surface area contributed by atoms with Gasteiger partial charge in [-0.05, 0) is 42.2 Å². The number of nitrogens with zero attached hydrogens (tertiary/aromatic N) is 2. The van der Waals surface area contributed by atoms with E-state index in [0.29, 0.717) is 27.3 Å². The molecule has 0 spiro atoms. The third-order valence-corrected chi connectivity index (χ3v) is 5.44. The molecule has 1 aliphatic rings. The lowest BCUT2D eigenvalue weighted by atomic mass is 10.0. The molecule has 3 aromatic rings. The van der Waals surface area contributed by atoms with E-state index in [9.17, 15) is 8.78 Å². The fourth-order valence-corrected chi connectivity index (χ4v) is 4.00. The van der Waals surface area contributed by atoms with E-state index in [0.717, 1.165) is 44.4 Å². The summed E-state index contributed by atoms with van der Waals surface area (Å²) in [6, 6.07) is 7.52. The Morgan fingerprint density at radius 3 is 3.04 bits per heavy atom. The summed E-state index contributed by atoms with van der Waals surface area (Å²) in [4.78, 5) is 9.25. The molecule has 0 amide bonds. The number of benzene rings is 1. The number of ether oxygens (including phenoxy) is 1. The lowest BCUT2D eigenvalue weighted by Crippen LogP contribution is -2.24. The minimum Gasteiger partial charge on any atom is -0.380 e. The van der Waals surface area contributed by atoms with E-state index in [-0.39, 0.29) is 0 Å². The standard InChI is InChI=1S/C20H20F2N4OS/c21-15-1-2-16(17(22)9-15)18-11-25-20(28-18)26-19-8-13(3-4-24-19)7-14-10-23-5-6-27-12-14/h1-4,8-9,11,14,23H,5-7,10,12H2,(H,24,25,26)/t14-/m0/s1. The third kappa shape index (κ3) is 4.70. The molecule has 0 aliphatic carbocycles. The molecular weight excluding hydrogens is 382 g/mol. The molecule has 1 aliphatic heterocycles. The molecule has 28 heavy (non-hydrogen) atoms. The second-order valence-corrected chi connectivity index (χ2v) is 7.71. The van der Waals surface area contributed by atoms with Crippen LogP contribution in [0.2, 0.25) is 0 Å². The van der Waals surface area contributed by atoms with Crippen molar-refractivity contribution in [3.8, 4) is 10.4 Å². The Kier molecular flexibility index (Phi) is 5.90. The van der Waals surface area contributed by atoms with Crippen LogP contribution in [0.15, 0.2) is 42.7 Å². The topological polar surface area (TPSA) is 59.1 Å². The Balaban J connectivity index is 1.45. The predicted octanol–water partition coefficient (Wildman–Crippen LogP) is 4.01. The quantitative estimate of drug-likeness (QED) is 0.675. The van der Waals surface area contributed by atoms with Gasteiger partial charge in [0.15, 0.2) is 5.13 Å². The van der Waals surface area contributed by atoms with Gasteiger partial charge in [0, 0.05) is 37.1 Å². The molecule has 1 saturated heterocycles. The number of nitrogens with one attached hydrogen (secondary N) is 2. The van der Waals surface area contributed by atoms with Gasteiger partial charge in [-0.1, -0.05) is 11.3 Å². The monoisotopic (exact) mass is 402 g/mol. The number of hydrogen-bond donors (Lipinski definition) is 2. The number of anilines is 2. The fourth-order valence-electron chi connectivity index (χ4n) is 3.15. The Morgan fingerprint density at radius 2 is 2.14 bits per heavy atom. The van der Waals surface area contributed by atoms with Gasteiger partial charge in [-0.15, -0.1) is 0 Å². The van der Waals surface area contributed by atoms with Crippen molar-refractivity contribution in [1.29, 1.82) is 0 Å². The normalized spacial score (nSPS) is 17.3. The summed E-state index contributed by atoms with van der Waals surface area (Å²) in [5.41, 5.74) is 1.49. The number of thiazole rings is 1. The molecule has 0 bridgehead atoms. The maximum Gasteiger partial charge on any atom is 0.188 e. The average Bonchev–Trinajstić information content (AvgIpc) is 2.97. The van der Waals surface area contributed by atoms with Gasteiger partial charge in [0.2, 0.25) is 0 Å². The maximum atomic E-state index is 14.0. The summed E-state index contributed by atoms with van der Waals surface area (Å²) < 4.78 is 32.7. The molecule has 2 aromatic heterocycles. The number of hydrogen-bond acceptors (Lipinski definition) is 6. The summed E-state index contributed by atoms with van der Waals surface area (Å²) >= 11 is 1.29. The molecule has 4 rings (SSSR count). The molecule has 0 saturated carbocycles. The number of halogens is 2. The highest BCUT2D eigenvalue weighted by atomic mass is 32.1. The fraction of sp³-hybridized carbons (Fsp3) is 0.300. The van der Waals surface area contributed by atoms with E-state index >= 15 is 0 Å². The second-order valence-electron chi connectivity index (χ2n) is 6.68. The van der Waals surface area contributed by atoms with Crippen LogP contribution in [-0.2, 0) is 11.2 Å². The van der Waals surface area contributed by atoms with E-state index in [1.807, 2.05) is 12.1 Å². The van der Waals surface area contributed by atoms with Crippen LogP contribution in [0.5, 0.6) is 0 Å². The highest BCUT2D eigenvalue weighted by Crippen LogP contribution is 2.32. The minimum atomic E-state index is -0.602. The third-order valence-electron chi connectivity index (χ3n) is 4.50. The summed E-state index contributed by atoms with van der Waals surface area (Å²) in [6.07, 6.45) is 4.23. The molecule has 1 fully saturated rings. The summed E-state index contributed by atoms with van der Waals surface area (Å²) in [5, 5.41) is 7.15. The zero-order chi connectivity index (χ0) is 19.3. The van der Waals surface area contributed by atoms with Crippen molar-refractivity contribution in [3.63, 3.8) is 0 Å². The van der Waals surface area contributed by atoms with Crippen LogP contribution in [0, 0.1) is 17.6 Å². The smallest absolute Gasteiger partial charge is 0.188 e. The van der Waals surface area contributed by atoms with Crippen LogP contribution in [0.4, 0.5) is 19.7 Å². The summed E-state index contributed by atoms with van der Waals surface area (Å²) in [5.74, 6) is -0.0971. The van der Waals surface area contributed by atoms with Crippen molar-refractivity contribution in [3.05, 3.63) is 59.9 Å². The Morgan fingerprint density at radius 1 is 1.21 bits per heavy atom. The minimum absolute atomic E-state index is 0.328. The van der Waals surface area contributed by atoms with E-state index < -0.39 is 11.6 Å². The molecule has 1 atom stereocenters. The Hall–Kier alpha value is -2.42. The van der Waals surface area contributed by atoms with Gasteiger partial charge < -0.3 is 15.4 Å². The van der Waals surface area contributed by atoms with Crippen LogP contribution in [0.3, 0.4) is 0 Å². The first-order valence-electron chi connectivity index (χ1n) is 9.09. The first kappa shape index (κ1) is 18.9. The van der Waals surface area contributed by atoms with Crippen molar-refractivity contribution in [2.24, 2.45) is 5.92 Å². The van der Waals surface area contributed by atoms with Gasteiger partial charge in [-0.25, -0.2) is 18.7 Å². The van der Waals surface area contributed by atoms with Crippen molar-refractivity contribution in [2.45, 2.75) is 6.42 Å². The van der Waals surface area contributed by atoms with Gasteiger partial charge in [-0.2, -0.15) is 0 Å². The van der Waals surface area contributed by atoms with Gasteiger partial charge in [0.1, 0.15) is 17.5 Å². The maximum absolute atomic E-state index is 14.0. The van der Waals surface area contributed by atoms with Crippen LogP contribution in [-0.4, -0.2) is 36.3 Å². The zero-order valence-electron chi connectivity index (χ0n) is 15.1. The molecule has 0 radical (unpaired) electrons. The Labute approximate surface area is 165 Å². The molecule has 1 aromatic carbocycles. The van der Waals surface area contributed by atoms with Crippen LogP contribution in [0.1, 0.15) is 5.56 Å². The van der Waals surface area contributed by atoms with Gasteiger partial charge >= 0.3 is 0 Å². The number of pyridine rings is 1. The van der Waals surface area contributed by atoms with E-state index in [1.165, 1.54) is 23.5 Å². The number of aromatic nitrogens is 2. The molecule has 146 valence electrons. The van der Waals surface area contributed by atoms with Crippen molar-refractivity contribution >= 4 is 22.3 Å². The lowest BCUT2D eigenvalue weighted by Gasteiger charge is -2.14. The van der Waals surface area contributed by atoms with E-state index in [1.54, 1.807) is 12.4 Å². The molecule has 2 N–H and O–H groups in total. The predicted molar refractivity (Wildman–Crippen MR) is 106 cm³/mol. The molecule has 0 unspecified atom stereocenters. The van der Waals surface area contributed by atoms with Crippen LogP contribution in [0.25, 0.3) is 10.4 Å². The van der Waals surface area contributed by atoms with Crippen molar-refractivity contribution in [1.82, 2.24) is 15.3 Å². The molecule has 3 heterocycles. The van der Waals surface area contributed by atoms with Crippen LogP contribution >= 0.6 is 11.3 Å². The first-order valence-corrected chi connectivity index (χ1v) is 9.91. The van der Waals surface area contributed by atoms with E-state index in [4.69, 9.17) is 4.74 Å². The van der Waals surface area contributed by atoms with Crippen molar-refractivity contribution in [2.75, 3.05) is 31.6 Å². The zero-order valence-corrected chi connectivity index (χ0v) is 15.9. The number of rotatable bonds is 5. The highest BCUT2D eigenvalue weighted by molar-refractivity contribution is 7.18. The van der Waals surface area contributed by atoms with Crippen molar-refractivity contribution < 1.29 is 13.5 Å². The van der Waals surface area contributed by atoms with E-state index in [2.05, 4.69) is 20.6 Å². The molecule has 8 heteroatoms. The van der Waals surface area contributed by atoms with Crippen LogP contribution < -0.4 is 10.6 Å². The molecule has 5 nitrogen and oxygen atoms in total. The second kappa shape index (κ2) is 8.72. The largest absolute Gasteiger partial charge is 0.380 e. The summed E-state index contributed by atoms with van der Waals surface area (Å²) in [7, 11) is 0. The summed E-state index contributed by atoms with van der Waals surface area (Å²) in [6.45, 7) is 3.32. The van der Waals surface area contributed by atoms with Gasteiger partial charge in [0.05, 0.1) is 18.1 Å². The van der Waals surface area contributed by atoms with Gasteiger partial charge in [0.25, 0.3) is 0 Å².